The van der Waals surface area contributed by atoms with E-state index >= 15 is 0 Å². The molecule has 3 nitrogen and oxygen atoms in total. The normalized spacial score (nSPS) is 10.2. The van der Waals surface area contributed by atoms with Gasteiger partial charge in [0.15, 0.2) is 5.78 Å². The van der Waals surface area contributed by atoms with Gasteiger partial charge in [-0.1, -0.05) is 0 Å². The Morgan fingerprint density at radius 1 is 0.900 bits per heavy atom. The van der Waals surface area contributed by atoms with Crippen molar-refractivity contribution in [2.45, 2.75) is 6.92 Å². The van der Waals surface area contributed by atoms with Crippen molar-refractivity contribution in [3.8, 4) is 5.75 Å². The van der Waals surface area contributed by atoms with E-state index in [1.807, 2.05) is 0 Å². The van der Waals surface area contributed by atoms with Crippen LogP contribution in [0.25, 0.3) is 0 Å². The summed E-state index contributed by atoms with van der Waals surface area (Å²) in [6, 6.07) is 8.30. The number of Topliss-reactive ketones (excluding diaryl/α,β-unsaturated/α-hetero) is 1. The first-order chi connectivity index (χ1) is 9.45. The predicted molar refractivity (Wildman–Crippen MR) is 67.8 cm³/mol. The highest BCUT2D eigenvalue weighted by Crippen LogP contribution is 2.16. The lowest BCUT2D eigenvalue weighted by atomic mass is 10.1. The Morgan fingerprint density at radius 3 is 1.95 bits per heavy atom. The Kier molecular flexibility index (Phi) is 3.89. The molecule has 0 heterocycles. The summed E-state index contributed by atoms with van der Waals surface area (Å²) in [5, 5.41) is 0. The van der Waals surface area contributed by atoms with Gasteiger partial charge in [-0.25, -0.2) is 13.6 Å². The van der Waals surface area contributed by atoms with E-state index in [4.69, 9.17) is 4.74 Å². The number of hydrogen-bond acceptors (Lipinski definition) is 3. The van der Waals surface area contributed by atoms with Gasteiger partial charge < -0.3 is 4.74 Å². The van der Waals surface area contributed by atoms with Crippen molar-refractivity contribution in [3.05, 3.63) is 65.2 Å². The van der Waals surface area contributed by atoms with E-state index in [2.05, 4.69) is 0 Å². The number of carbonyl (C=O) groups is 2. The first-order valence-corrected chi connectivity index (χ1v) is 5.75. The third-order valence-electron chi connectivity index (χ3n) is 2.57. The smallest absolute Gasteiger partial charge is 0.343 e. The maximum Gasteiger partial charge on any atom is 0.343 e. The largest absolute Gasteiger partial charge is 0.423 e. The lowest BCUT2D eigenvalue weighted by molar-refractivity contribution is 0.0733. The number of hydrogen-bond donors (Lipinski definition) is 0. The quantitative estimate of drug-likeness (QED) is 0.490. The van der Waals surface area contributed by atoms with Crippen molar-refractivity contribution in [3.63, 3.8) is 0 Å². The number of ether oxygens (including phenoxy) is 1. The molecule has 2 rings (SSSR count). The molecule has 5 heteroatoms. The highest BCUT2D eigenvalue weighted by molar-refractivity contribution is 5.94. The van der Waals surface area contributed by atoms with Crippen LogP contribution in [0, 0.1) is 11.6 Å². The molecule has 2 aromatic rings. The molecule has 0 unspecified atom stereocenters. The molecular weight excluding hydrogens is 266 g/mol. The minimum absolute atomic E-state index is 0.116. The summed E-state index contributed by atoms with van der Waals surface area (Å²) in [5.74, 6) is -2.52. The van der Waals surface area contributed by atoms with E-state index in [1.54, 1.807) is 0 Å². The highest BCUT2D eigenvalue weighted by atomic mass is 19.1. The van der Waals surface area contributed by atoms with E-state index in [1.165, 1.54) is 31.2 Å². The van der Waals surface area contributed by atoms with Crippen LogP contribution < -0.4 is 4.74 Å². The molecule has 0 N–H and O–H groups in total. The third kappa shape index (κ3) is 3.26. The molecule has 0 aliphatic rings. The maximum absolute atomic E-state index is 13.0. The molecule has 0 aromatic heterocycles. The molecule has 0 spiro atoms. The van der Waals surface area contributed by atoms with Crippen LogP contribution in [0.4, 0.5) is 8.78 Å². The number of ketones is 1. The molecule has 2 aromatic carbocycles. The van der Waals surface area contributed by atoms with Gasteiger partial charge in [-0.2, -0.15) is 0 Å². The molecule has 102 valence electrons. The third-order valence-corrected chi connectivity index (χ3v) is 2.57. The van der Waals surface area contributed by atoms with Crippen LogP contribution in [0.15, 0.2) is 42.5 Å². The number of esters is 1. The summed E-state index contributed by atoms with van der Waals surface area (Å²) in [5.41, 5.74) is 0.250. The van der Waals surface area contributed by atoms with Gasteiger partial charge in [0.2, 0.25) is 0 Å². The van der Waals surface area contributed by atoms with E-state index in [0.29, 0.717) is 11.6 Å². The highest BCUT2D eigenvalue weighted by Gasteiger charge is 2.12. The fourth-order valence-corrected chi connectivity index (χ4v) is 1.60. The lowest BCUT2D eigenvalue weighted by Crippen LogP contribution is -2.09. The molecule has 0 fully saturated rings. The second kappa shape index (κ2) is 5.61. The zero-order valence-corrected chi connectivity index (χ0v) is 10.5. The van der Waals surface area contributed by atoms with Gasteiger partial charge in [0, 0.05) is 11.6 Å². The molecular formula is C15H10F2O3. The fraction of sp³-hybridized carbons (Fsp3) is 0.0667. The number of carbonyl (C=O) groups excluding carboxylic acids is 2. The van der Waals surface area contributed by atoms with Gasteiger partial charge in [-0.15, -0.1) is 0 Å². The first kappa shape index (κ1) is 13.9. The molecule has 0 aliphatic carbocycles. The first-order valence-electron chi connectivity index (χ1n) is 5.75. The van der Waals surface area contributed by atoms with Crippen LogP contribution in [-0.2, 0) is 0 Å². The summed E-state index contributed by atoms with van der Waals surface area (Å²) in [6.07, 6.45) is 0. The predicted octanol–water partition coefficient (Wildman–Crippen LogP) is 3.39. The average molecular weight is 276 g/mol. The van der Waals surface area contributed by atoms with Crippen molar-refractivity contribution in [2.75, 3.05) is 0 Å². The SMILES string of the molecule is CC(=O)c1ccc(OC(=O)c2cc(F)cc(F)c2)cc1. The van der Waals surface area contributed by atoms with Crippen LogP contribution >= 0.6 is 0 Å². The molecule has 0 aliphatic heterocycles. The van der Waals surface area contributed by atoms with Crippen LogP contribution in [-0.4, -0.2) is 11.8 Å². The van der Waals surface area contributed by atoms with Gasteiger partial charge in [-0.05, 0) is 43.3 Å². The Hall–Kier alpha value is -2.56. The van der Waals surface area contributed by atoms with Gasteiger partial charge in [0.25, 0.3) is 0 Å². The minimum Gasteiger partial charge on any atom is -0.423 e. The minimum atomic E-state index is -0.876. The van der Waals surface area contributed by atoms with Crippen molar-refractivity contribution < 1.29 is 23.1 Å². The van der Waals surface area contributed by atoms with Crippen molar-refractivity contribution in [2.24, 2.45) is 0 Å². The zero-order valence-electron chi connectivity index (χ0n) is 10.5. The van der Waals surface area contributed by atoms with E-state index < -0.39 is 17.6 Å². The molecule has 0 saturated heterocycles. The molecule has 0 radical (unpaired) electrons. The molecule has 0 bridgehead atoms. The number of benzene rings is 2. The van der Waals surface area contributed by atoms with Crippen molar-refractivity contribution in [1.82, 2.24) is 0 Å². The second-order valence-corrected chi connectivity index (χ2v) is 4.13. The summed E-state index contributed by atoms with van der Waals surface area (Å²) in [6.45, 7) is 1.41. The Balaban J connectivity index is 2.16. The van der Waals surface area contributed by atoms with Crippen LogP contribution in [0.1, 0.15) is 27.6 Å². The topological polar surface area (TPSA) is 43.4 Å². The molecule has 0 amide bonds. The van der Waals surface area contributed by atoms with E-state index in [0.717, 1.165) is 12.1 Å². The van der Waals surface area contributed by atoms with Gasteiger partial charge in [-0.3, -0.25) is 4.79 Å². The van der Waals surface area contributed by atoms with Crippen LogP contribution in [0.3, 0.4) is 0 Å². The molecule has 0 atom stereocenters. The molecule has 20 heavy (non-hydrogen) atoms. The van der Waals surface area contributed by atoms with E-state index in [9.17, 15) is 18.4 Å². The van der Waals surface area contributed by atoms with Gasteiger partial charge in [0.05, 0.1) is 5.56 Å². The number of halogens is 2. The summed E-state index contributed by atoms with van der Waals surface area (Å²) in [4.78, 5) is 22.8. The van der Waals surface area contributed by atoms with Crippen LogP contribution in [0.5, 0.6) is 5.75 Å². The second-order valence-electron chi connectivity index (χ2n) is 4.13. The standard InChI is InChI=1S/C15H10F2O3/c1-9(18)10-2-4-14(5-3-10)20-15(19)11-6-12(16)8-13(17)7-11/h2-8H,1H3. The van der Waals surface area contributed by atoms with Gasteiger partial charge >= 0.3 is 5.97 Å². The average Bonchev–Trinajstić information content (AvgIpc) is 2.38. The van der Waals surface area contributed by atoms with Crippen molar-refractivity contribution >= 4 is 11.8 Å². The lowest BCUT2D eigenvalue weighted by Gasteiger charge is -2.05. The fourth-order valence-electron chi connectivity index (χ4n) is 1.60. The van der Waals surface area contributed by atoms with Crippen LogP contribution in [0.2, 0.25) is 0 Å². The monoisotopic (exact) mass is 276 g/mol. The Labute approximate surface area is 113 Å². The van der Waals surface area contributed by atoms with E-state index in [-0.39, 0.29) is 17.1 Å². The zero-order chi connectivity index (χ0) is 14.7. The Morgan fingerprint density at radius 2 is 1.45 bits per heavy atom. The molecule has 0 saturated carbocycles. The van der Waals surface area contributed by atoms with Crippen molar-refractivity contribution in [1.29, 1.82) is 0 Å². The summed E-state index contributed by atoms with van der Waals surface area (Å²) >= 11 is 0. The van der Waals surface area contributed by atoms with Gasteiger partial charge in [0.1, 0.15) is 17.4 Å². The summed E-state index contributed by atoms with van der Waals surface area (Å²) < 4.78 is 30.9. The maximum atomic E-state index is 13.0. The Bertz CT molecular complexity index is 643. The summed E-state index contributed by atoms with van der Waals surface area (Å²) in [7, 11) is 0. The number of rotatable bonds is 3.